The number of thiazole rings is 1. The molecular weight excluding hydrogens is 337 g/mol. The van der Waals surface area contributed by atoms with Gasteiger partial charge in [-0.2, -0.15) is 0 Å². The number of ether oxygens (including phenoxy) is 1. The van der Waals surface area contributed by atoms with Crippen molar-refractivity contribution in [1.82, 2.24) is 4.98 Å². The number of nitrogens with zero attached hydrogens (tertiary/aromatic N) is 1. The van der Waals surface area contributed by atoms with Crippen molar-refractivity contribution >= 4 is 28.5 Å². The molecule has 1 aromatic heterocycles. The maximum absolute atomic E-state index is 12.4. The van der Waals surface area contributed by atoms with Crippen LogP contribution in [0, 0.1) is 0 Å². The number of halogens is 3. The van der Waals surface area contributed by atoms with Crippen LogP contribution in [0.1, 0.15) is 0 Å². The third-order valence-electron chi connectivity index (χ3n) is 2.84. The average Bonchev–Trinajstić information content (AvgIpc) is 2.88. The van der Waals surface area contributed by atoms with Crippen LogP contribution in [0.5, 0.6) is 5.75 Å². The van der Waals surface area contributed by atoms with Crippen molar-refractivity contribution in [1.29, 1.82) is 0 Å². The fraction of sp³-hybridized carbons (Fsp3) is 0.0714. The molecule has 0 amide bonds. The summed E-state index contributed by atoms with van der Waals surface area (Å²) in [7, 11) is 0. The van der Waals surface area contributed by atoms with Crippen LogP contribution >= 0.6 is 11.3 Å². The average molecular weight is 347 g/mol. The van der Waals surface area contributed by atoms with Crippen LogP contribution < -0.4 is 56.1 Å². The summed E-state index contributed by atoms with van der Waals surface area (Å²) in [5.74, 6) is 0.204. The van der Waals surface area contributed by atoms with E-state index in [1.807, 2.05) is 24.3 Å². The van der Waals surface area contributed by atoms with Crippen LogP contribution in [-0.2, 0) is 0 Å². The minimum Gasteiger partial charge on any atom is -0.521 e. The Labute approximate surface area is 172 Å². The first-order chi connectivity index (χ1) is 10.0. The van der Waals surface area contributed by atoms with Gasteiger partial charge in [-0.3, -0.25) is 0 Å². The first-order valence-corrected chi connectivity index (χ1v) is 7.13. The SMILES string of the molecule is F[B-](F)(F)COc1ccccc1-c1nc2ccccc2s1.[K+]. The summed E-state index contributed by atoms with van der Waals surface area (Å²) in [4.78, 5) is 4.45. The van der Waals surface area contributed by atoms with Crippen LogP contribution in [0.15, 0.2) is 48.5 Å². The van der Waals surface area contributed by atoms with E-state index < -0.39 is 13.5 Å². The predicted molar refractivity (Wildman–Crippen MR) is 79.6 cm³/mol. The Balaban J connectivity index is 0.00000176. The largest absolute Gasteiger partial charge is 1.00 e. The van der Waals surface area contributed by atoms with Crippen molar-refractivity contribution in [3.8, 4) is 16.3 Å². The van der Waals surface area contributed by atoms with Gasteiger partial charge >= 0.3 is 58.4 Å². The molecule has 0 fully saturated rings. The van der Waals surface area contributed by atoms with E-state index >= 15 is 0 Å². The van der Waals surface area contributed by atoms with E-state index in [4.69, 9.17) is 4.74 Å². The van der Waals surface area contributed by atoms with Gasteiger partial charge in [-0.25, -0.2) is 4.98 Å². The van der Waals surface area contributed by atoms with Gasteiger partial charge < -0.3 is 17.7 Å². The van der Waals surface area contributed by atoms with Crippen molar-refractivity contribution in [3.05, 3.63) is 48.5 Å². The monoisotopic (exact) mass is 347 g/mol. The van der Waals surface area contributed by atoms with E-state index in [0.717, 1.165) is 10.2 Å². The normalized spacial score (nSPS) is 11.2. The summed E-state index contributed by atoms with van der Waals surface area (Å²) in [6.07, 6.45) is 0. The summed E-state index contributed by atoms with van der Waals surface area (Å²) in [6.45, 7) is -6.23. The third kappa shape index (κ3) is 4.33. The Hall–Kier alpha value is -0.379. The Morgan fingerprint density at radius 3 is 2.41 bits per heavy atom. The maximum Gasteiger partial charge on any atom is 1.00 e. The van der Waals surface area contributed by atoms with E-state index in [2.05, 4.69) is 4.98 Å². The second-order valence-electron chi connectivity index (χ2n) is 4.50. The molecule has 0 radical (unpaired) electrons. The van der Waals surface area contributed by atoms with E-state index in [0.29, 0.717) is 10.6 Å². The van der Waals surface area contributed by atoms with Crippen LogP contribution in [-0.4, -0.2) is 18.5 Å². The van der Waals surface area contributed by atoms with E-state index in [1.165, 1.54) is 17.4 Å². The minimum absolute atomic E-state index is 0. The molecule has 0 aliphatic heterocycles. The molecule has 1 heterocycles. The molecule has 0 spiro atoms. The summed E-state index contributed by atoms with van der Waals surface area (Å²) in [6, 6.07) is 14.2. The van der Waals surface area contributed by atoms with Crippen molar-refractivity contribution in [2.45, 2.75) is 0 Å². The zero-order valence-electron chi connectivity index (χ0n) is 11.8. The van der Waals surface area contributed by atoms with Gasteiger partial charge in [0.15, 0.2) is 0 Å². The van der Waals surface area contributed by atoms with Gasteiger partial charge in [0.1, 0.15) is 10.8 Å². The zero-order valence-corrected chi connectivity index (χ0v) is 15.7. The van der Waals surface area contributed by atoms with Gasteiger partial charge in [-0.15, -0.1) is 11.3 Å². The molecule has 0 saturated heterocycles. The number of hydrogen-bond donors (Lipinski definition) is 0. The molecule has 3 rings (SSSR count). The summed E-state index contributed by atoms with van der Waals surface area (Å²) < 4.78 is 43.0. The quantitative estimate of drug-likeness (QED) is 0.671. The molecule has 22 heavy (non-hydrogen) atoms. The molecule has 108 valence electrons. The Morgan fingerprint density at radius 2 is 1.68 bits per heavy atom. The fourth-order valence-corrected chi connectivity index (χ4v) is 2.94. The van der Waals surface area contributed by atoms with Crippen LogP contribution in [0.25, 0.3) is 20.8 Å². The van der Waals surface area contributed by atoms with Crippen molar-refractivity contribution in [2.75, 3.05) is 6.51 Å². The predicted octanol–water partition coefficient (Wildman–Crippen LogP) is 1.73. The molecule has 0 saturated carbocycles. The molecule has 8 heteroatoms. The van der Waals surface area contributed by atoms with Crippen molar-refractivity contribution < 1.29 is 69.1 Å². The van der Waals surface area contributed by atoms with Crippen molar-refractivity contribution in [3.63, 3.8) is 0 Å². The second kappa shape index (κ2) is 7.46. The van der Waals surface area contributed by atoms with Gasteiger partial charge in [0, 0.05) is 0 Å². The van der Waals surface area contributed by atoms with Crippen molar-refractivity contribution in [2.24, 2.45) is 0 Å². The number of rotatable bonds is 4. The fourth-order valence-electron chi connectivity index (χ4n) is 1.94. The van der Waals surface area contributed by atoms with Crippen LogP contribution in [0.3, 0.4) is 0 Å². The molecule has 0 aliphatic rings. The Bertz CT molecular complexity index is 745. The first kappa shape index (κ1) is 18.0. The van der Waals surface area contributed by atoms with Gasteiger partial charge in [-0.05, 0) is 24.3 Å². The second-order valence-corrected chi connectivity index (χ2v) is 5.53. The van der Waals surface area contributed by atoms with Crippen LogP contribution in [0.2, 0.25) is 0 Å². The number of para-hydroxylation sites is 2. The Morgan fingerprint density at radius 1 is 1.00 bits per heavy atom. The van der Waals surface area contributed by atoms with Gasteiger partial charge in [0.25, 0.3) is 0 Å². The number of hydrogen-bond acceptors (Lipinski definition) is 3. The standard InChI is InChI=1S/C14H10BF3NOS.K/c16-15(17,18)9-20-12-7-3-1-5-10(12)14-19-11-6-2-4-8-13(11)21-14;/h1-8H,9H2;/q-1;+1. The molecule has 0 aliphatic carbocycles. The summed E-state index contributed by atoms with van der Waals surface area (Å²) in [5, 5.41) is 0.654. The summed E-state index contributed by atoms with van der Waals surface area (Å²) >= 11 is 1.43. The van der Waals surface area contributed by atoms with E-state index in [1.54, 1.807) is 18.2 Å². The maximum atomic E-state index is 12.4. The van der Waals surface area contributed by atoms with Gasteiger partial charge in [0.05, 0.1) is 22.3 Å². The third-order valence-corrected chi connectivity index (χ3v) is 3.91. The summed E-state index contributed by atoms with van der Waals surface area (Å²) in [5.41, 5.74) is 1.41. The molecule has 0 bridgehead atoms. The number of fused-ring (bicyclic) bond motifs is 1. The smallest absolute Gasteiger partial charge is 0.521 e. The molecule has 2 aromatic carbocycles. The van der Waals surface area contributed by atoms with Crippen LogP contribution in [0.4, 0.5) is 12.9 Å². The molecule has 3 aromatic rings. The topological polar surface area (TPSA) is 22.1 Å². The number of benzene rings is 2. The molecular formula is C14H10BF3KNOS. The number of aromatic nitrogens is 1. The zero-order chi connectivity index (χ0) is 14.9. The van der Waals surface area contributed by atoms with Gasteiger partial charge in [-0.1, -0.05) is 24.3 Å². The minimum atomic E-state index is -4.98. The van der Waals surface area contributed by atoms with Gasteiger partial charge in [0.2, 0.25) is 0 Å². The molecule has 0 atom stereocenters. The first-order valence-electron chi connectivity index (χ1n) is 6.32. The molecule has 0 N–H and O–H groups in total. The Kier molecular flexibility index (Phi) is 6.09. The molecule has 0 unspecified atom stereocenters. The molecule has 2 nitrogen and oxygen atoms in total. The van der Waals surface area contributed by atoms with E-state index in [9.17, 15) is 12.9 Å². The van der Waals surface area contributed by atoms with E-state index in [-0.39, 0.29) is 57.1 Å².